The number of rotatable bonds is 3. The molecule has 0 aromatic heterocycles. The maximum absolute atomic E-state index is 11.9. The summed E-state index contributed by atoms with van der Waals surface area (Å²) in [5, 5.41) is 0. The van der Waals surface area contributed by atoms with Gasteiger partial charge in [-0.25, -0.2) is 0 Å². The van der Waals surface area contributed by atoms with Crippen molar-refractivity contribution >= 4 is 5.91 Å². The number of carbonyl (C=O) groups is 1. The van der Waals surface area contributed by atoms with Gasteiger partial charge in [-0.05, 0) is 31.1 Å². The first-order valence-electron chi connectivity index (χ1n) is 6.94. The minimum atomic E-state index is 0.0747. The molecule has 0 spiro atoms. The van der Waals surface area contributed by atoms with E-state index in [1.807, 2.05) is 35.2 Å². The molecule has 2 aliphatic heterocycles. The van der Waals surface area contributed by atoms with E-state index in [2.05, 4.69) is 6.58 Å². The van der Waals surface area contributed by atoms with E-state index in [9.17, 15) is 4.79 Å². The third-order valence-corrected chi connectivity index (χ3v) is 4.16. The van der Waals surface area contributed by atoms with Crippen LogP contribution in [0.3, 0.4) is 0 Å². The molecular weight excluding hydrogens is 238 g/mol. The van der Waals surface area contributed by atoms with Gasteiger partial charge in [-0.3, -0.25) is 4.79 Å². The fourth-order valence-corrected chi connectivity index (χ4v) is 3.38. The van der Waals surface area contributed by atoms with Crippen LogP contribution in [0.4, 0.5) is 0 Å². The van der Waals surface area contributed by atoms with Crippen molar-refractivity contribution in [1.82, 2.24) is 4.90 Å². The van der Waals surface area contributed by atoms with E-state index < -0.39 is 0 Å². The number of fused-ring (bicyclic) bond motifs is 2. The van der Waals surface area contributed by atoms with E-state index in [0.717, 1.165) is 31.4 Å². The van der Waals surface area contributed by atoms with Crippen LogP contribution in [0.1, 0.15) is 25.7 Å². The number of hydrogen-bond donors (Lipinski definition) is 0. The van der Waals surface area contributed by atoms with E-state index in [1.165, 1.54) is 6.08 Å². The van der Waals surface area contributed by atoms with E-state index >= 15 is 0 Å². The van der Waals surface area contributed by atoms with Crippen LogP contribution in [0.15, 0.2) is 43.0 Å². The van der Waals surface area contributed by atoms with Crippen molar-refractivity contribution in [3.8, 4) is 5.75 Å². The molecule has 3 heteroatoms. The Bertz CT molecular complexity index is 457. The summed E-state index contributed by atoms with van der Waals surface area (Å²) in [5.74, 6) is 1.00. The lowest BCUT2D eigenvalue weighted by atomic mass is 9.99. The maximum atomic E-state index is 11.9. The molecule has 2 atom stereocenters. The maximum Gasteiger partial charge on any atom is 0.246 e. The highest BCUT2D eigenvalue weighted by atomic mass is 16.5. The normalized spacial score (nSPS) is 29.1. The summed E-state index contributed by atoms with van der Waals surface area (Å²) in [4.78, 5) is 13.9. The van der Waals surface area contributed by atoms with E-state index in [-0.39, 0.29) is 12.0 Å². The van der Waals surface area contributed by atoms with Crippen molar-refractivity contribution in [3.05, 3.63) is 43.0 Å². The lowest BCUT2D eigenvalue weighted by molar-refractivity contribution is -0.131. The van der Waals surface area contributed by atoms with Gasteiger partial charge in [-0.15, -0.1) is 0 Å². The van der Waals surface area contributed by atoms with Crippen LogP contribution in [-0.2, 0) is 4.79 Å². The fourth-order valence-electron chi connectivity index (χ4n) is 3.38. The summed E-state index contributed by atoms with van der Waals surface area (Å²) in [6.07, 6.45) is 5.73. The molecule has 0 aliphatic carbocycles. The van der Waals surface area contributed by atoms with Gasteiger partial charge in [-0.2, -0.15) is 0 Å². The van der Waals surface area contributed by atoms with Gasteiger partial charge >= 0.3 is 0 Å². The lowest BCUT2D eigenvalue weighted by Gasteiger charge is -2.38. The SMILES string of the molecule is C=CC(=O)N1C2CCC1CC(Oc1ccccc1)C2. The largest absolute Gasteiger partial charge is 0.490 e. The number of amides is 1. The van der Waals surface area contributed by atoms with Gasteiger partial charge in [0.05, 0.1) is 0 Å². The number of para-hydroxylation sites is 1. The number of carbonyl (C=O) groups excluding carboxylic acids is 1. The number of piperidine rings is 1. The summed E-state index contributed by atoms with van der Waals surface area (Å²) in [6.45, 7) is 3.60. The number of ether oxygens (including phenoxy) is 1. The second-order valence-corrected chi connectivity index (χ2v) is 5.36. The smallest absolute Gasteiger partial charge is 0.246 e. The Morgan fingerprint density at radius 2 is 1.84 bits per heavy atom. The average molecular weight is 257 g/mol. The second-order valence-electron chi connectivity index (χ2n) is 5.36. The first-order valence-corrected chi connectivity index (χ1v) is 6.94. The summed E-state index contributed by atoms with van der Waals surface area (Å²) >= 11 is 0. The van der Waals surface area contributed by atoms with Gasteiger partial charge in [0.1, 0.15) is 11.9 Å². The van der Waals surface area contributed by atoms with Gasteiger partial charge in [0, 0.05) is 24.9 Å². The van der Waals surface area contributed by atoms with Crippen molar-refractivity contribution in [3.63, 3.8) is 0 Å². The molecule has 2 heterocycles. The molecule has 1 aromatic carbocycles. The zero-order valence-electron chi connectivity index (χ0n) is 11.0. The van der Waals surface area contributed by atoms with Gasteiger partial charge < -0.3 is 9.64 Å². The summed E-state index contributed by atoms with van der Waals surface area (Å²) in [6, 6.07) is 10.6. The minimum Gasteiger partial charge on any atom is -0.490 e. The van der Waals surface area contributed by atoms with Crippen LogP contribution < -0.4 is 4.74 Å². The Kier molecular flexibility index (Phi) is 3.28. The molecule has 100 valence electrons. The van der Waals surface area contributed by atoms with Crippen molar-refractivity contribution in [1.29, 1.82) is 0 Å². The van der Waals surface area contributed by atoms with Crippen molar-refractivity contribution in [2.75, 3.05) is 0 Å². The molecular formula is C16H19NO2. The molecule has 2 aliphatic rings. The molecule has 2 bridgehead atoms. The topological polar surface area (TPSA) is 29.5 Å². The average Bonchev–Trinajstić information content (AvgIpc) is 2.71. The monoisotopic (exact) mass is 257 g/mol. The van der Waals surface area contributed by atoms with Crippen LogP contribution in [0, 0.1) is 0 Å². The molecule has 2 unspecified atom stereocenters. The predicted molar refractivity (Wildman–Crippen MR) is 73.9 cm³/mol. The molecule has 1 aromatic rings. The number of hydrogen-bond acceptors (Lipinski definition) is 2. The highest BCUT2D eigenvalue weighted by Crippen LogP contribution is 2.37. The second kappa shape index (κ2) is 5.08. The van der Waals surface area contributed by atoms with Gasteiger partial charge in [0.2, 0.25) is 5.91 Å². The lowest BCUT2D eigenvalue weighted by Crippen LogP contribution is -2.48. The van der Waals surface area contributed by atoms with Crippen LogP contribution in [0.5, 0.6) is 5.75 Å². The third kappa shape index (κ3) is 2.37. The number of benzene rings is 1. The first kappa shape index (κ1) is 12.3. The molecule has 0 saturated carbocycles. The van der Waals surface area contributed by atoms with Crippen molar-refractivity contribution in [2.45, 2.75) is 43.9 Å². The van der Waals surface area contributed by atoms with E-state index in [1.54, 1.807) is 0 Å². The summed E-state index contributed by atoms with van der Waals surface area (Å²) in [7, 11) is 0. The third-order valence-electron chi connectivity index (χ3n) is 4.16. The quantitative estimate of drug-likeness (QED) is 0.779. The summed E-state index contributed by atoms with van der Waals surface area (Å²) in [5.41, 5.74) is 0. The predicted octanol–water partition coefficient (Wildman–Crippen LogP) is 2.77. The Hall–Kier alpha value is -1.77. The Labute approximate surface area is 113 Å². The minimum absolute atomic E-state index is 0.0747. The summed E-state index contributed by atoms with van der Waals surface area (Å²) < 4.78 is 6.03. The fraction of sp³-hybridized carbons (Fsp3) is 0.438. The molecule has 19 heavy (non-hydrogen) atoms. The standard InChI is InChI=1S/C16H19NO2/c1-2-16(18)17-12-8-9-13(17)11-15(10-12)19-14-6-4-3-5-7-14/h2-7,12-13,15H,1,8-11H2. The molecule has 1 amide bonds. The Balaban J connectivity index is 1.67. The highest BCUT2D eigenvalue weighted by Gasteiger charge is 2.43. The zero-order chi connectivity index (χ0) is 13.2. The molecule has 3 nitrogen and oxygen atoms in total. The van der Waals surface area contributed by atoms with Crippen LogP contribution in [-0.4, -0.2) is 29.0 Å². The highest BCUT2D eigenvalue weighted by molar-refractivity contribution is 5.87. The molecule has 3 rings (SSSR count). The first-order chi connectivity index (χ1) is 9.28. The zero-order valence-corrected chi connectivity index (χ0v) is 11.0. The molecule has 0 radical (unpaired) electrons. The Morgan fingerprint density at radius 3 is 2.42 bits per heavy atom. The number of nitrogens with zero attached hydrogens (tertiary/aromatic N) is 1. The van der Waals surface area contributed by atoms with E-state index in [0.29, 0.717) is 12.1 Å². The van der Waals surface area contributed by atoms with Gasteiger partial charge in [0.15, 0.2) is 0 Å². The van der Waals surface area contributed by atoms with Gasteiger partial charge in [-0.1, -0.05) is 24.8 Å². The van der Waals surface area contributed by atoms with E-state index in [4.69, 9.17) is 4.74 Å². The molecule has 2 fully saturated rings. The van der Waals surface area contributed by atoms with Crippen LogP contribution in [0.2, 0.25) is 0 Å². The molecule has 0 N–H and O–H groups in total. The van der Waals surface area contributed by atoms with Crippen molar-refractivity contribution < 1.29 is 9.53 Å². The van der Waals surface area contributed by atoms with Crippen LogP contribution in [0.25, 0.3) is 0 Å². The Morgan fingerprint density at radius 1 is 1.21 bits per heavy atom. The van der Waals surface area contributed by atoms with Crippen LogP contribution >= 0.6 is 0 Å². The molecule has 2 saturated heterocycles. The van der Waals surface area contributed by atoms with Crippen molar-refractivity contribution in [2.24, 2.45) is 0 Å². The van der Waals surface area contributed by atoms with Gasteiger partial charge in [0.25, 0.3) is 0 Å².